The minimum Gasteiger partial charge on any atom is -0.368 e. The van der Waals surface area contributed by atoms with Crippen molar-refractivity contribution in [2.24, 2.45) is 0 Å². The molecule has 1 amide bonds. The average molecular weight is 478 g/mol. The number of carbonyl (C=O) groups excluding carboxylic acids is 1. The standard InChI is InChI=1S/C21H19ClF3N7O/c22-16-8-9-19-28-14(10-32(19)30-16)20(33)27-13-6-4-12(5-7-13)26-17-2-1-3-18-29-15(11-31(17)18)21(23,24)25/h1-3,8-13,26H,4-7H2,(H,27,33)/t12-,13+. The molecule has 5 rings (SSSR count). The van der Waals surface area contributed by atoms with E-state index in [0.717, 1.165) is 31.9 Å². The number of aromatic nitrogens is 5. The van der Waals surface area contributed by atoms with E-state index in [1.807, 2.05) is 0 Å². The first-order valence-corrected chi connectivity index (χ1v) is 10.8. The Kier molecular flexibility index (Phi) is 5.35. The van der Waals surface area contributed by atoms with Crippen LogP contribution in [-0.4, -0.2) is 42.0 Å². The van der Waals surface area contributed by atoms with Gasteiger partial charge in [0.2, 0.25) is 0 Å². The fraction of sp³-hybridized carbons (Fsp3) is 0.333. The van der Waals surface area contributed by atoms with Crippen LogP contribution in [0, 0.1) is 0 Å². The van der Waals surface area contributed by atoms with Gasteiger partial charge in [0.05, 0.1) is 6.20 Å². The number of amides is 1. The number of pyridine rings is 1. The van der Waals surface area contributed by atoms with Gasteiger partial charge in [0, 0.05) is 18.3 Å². The van der Waals surface area contributed by atoms with Crippen LogP contribution in [0.25, 0.3) is 11.3 Å². The second kappa shape index (κ2) is 8.22. The van der Waals surface area contributed by atoms with Crippen molar-refractivity contribution in [2.75, 3.05) is 5.32 Å². The molecular weight excluding hydrogens is 459 g/mol. The summed E-state index contributed by atoms with van der Waals surface area (Å²) < 4.78 is 41.9. The Balaban J connectivity index is 1.20. The van der Waals surface area contributed by atoms with Crippen LogP contribution in [0.3, 0.4) is 0 Å². The minimum atomic E-state index is -4.50. The molecule has 4 heterocycles. The molecule has 33 heavy (non-hydrogen) atoms. The highest BCUT2D eigenvalue weighted by molar-refractivity contribution is 6.29. The number of nitrogens with one attached hydrogen (secondary N) is 2. The van der Waals surface area contributed by atoms with Crippen LogP contribution < -0.4 is 10.6 Å². The van der Waals surface area contributed by atoms with Crippen LogP contribution in [0.15, 0.2) is 42.7 Å². The van der Waals surface area contributed by atoms with Crippen molar-refractivity contribution in [2.45, 2.75) is 43.9 Å². The Hall–Kier alpha value is -3.34. The molecule has 4 aromatic rings. The van der Waals surface area contributed by atoms with Crippen molar-refractivity contribution >= 4 is 34.6 Å². The Morgan fingerprint density at radius 2 is 1.76 bits per heavy atom. The van der Waals surface area contributed by atoms with E-state index in [2.05, 4.69) is 25.7 Å². The lowest BCUT2D eigenvalue weighted by Gasteiger charge is -2.30. The summed E-state index contributed by atoms with van der Waals surface area (Å²) in [6, 6.07) is 8.28. The SMILES string of the molecule is O=C(N[C@H]1CC[C@@H](Nc2cccc3nc(C(F)(F)F)cn23)CC1)c1cn2nc(Cl)ccc2n1. The maximum absolute atomic E-state index is 13.0. The summed E-state index contributed by atoms with van der Waals surface area (Å²) in [7, 11) is 0. The van der Waals surface area contributed by atoms with Crippen LogP contribution in [0.4, 0.5) is 19.0 Å². The maximum Gasteiger partial charge on any atom is 0.434 e. The van der Waals surface area contributed by atoms with Crippen molar-refractivity contribution in [3.05, 3.63) is 59.3 Å². The number of anilines is 1. The first-order valence-electron chi connectivity index (χ1n) is 10.4. The number of hydrogen-bond donors (Lipinski definition) is 2. The molecule has 1 aliphatic carbocycles. The van der Waals surface area contributed by atoms with Crippen molar-refractivity contribution in [3.8, 4) is 0 Å². The quantitative estimate of drug-likeness (QED) is 0.460. The van der Waals surface area contributed by atoms with Crippen LogP contribution in [0.2, 0.25) is 5.15 Å². The first kappa shape index (κ1) is 21.5. The van der Waals surface area contributed by atoms with E-state index < -0.39 is 11.9 Å². The number of fused-ring (bicyclic) bond motifs is 2. The first-order chi connectivity index (χ1) is 15.8. The maximum atomic E-state index is 13.0. The third kappa shape index (κ3) is 4.45. The normalized spacial score (nSPS) is 19.2. The lowest BCUT2D eigenvalue weighted by molar-refractivity contribution is -0.140. The third-order valence-electron chi connectivity index (χ3n) is 5.72. The zero-order valence-electron chi connectivity index (χ0n) is 17.2. The smallest absolute Gasteiger partial charge is 0.368 e. The molecule has 0 atom stereocenters. The third-order valence-corrected chi connectivity index (χ3v) is 5.92. The minimum absolute atomic E-state index is 0.0159. The predicted octanol–water partition coefficient (Wildman–Crippen LogP) is 4.20. The van der Waals surface area contributed by atoms with Gasteiger partial charge >= 0.3 is 6.18 Å². The molecule has 8 nitrogen and oxygen atoms in total. The number of halogens is 4. The fourth-order valence-electron chi connectivity index (χ4n) is 4.08. The molecule has 1 saturated carbocycles. The van der Waals surface area contributed by atoms with Crippen molar-refractivity contribution < 1.29 is 18.0 Å². The lowest BCUT2D eigenvalue weighted by Crippen LogP contribution is -2.40. The molecule has 12 heteroatoms. The summed E-state index contributed by atoms with van der Waals surface area (Å²) in [6.45, 7) is 0. The summed E-state index contributed by atoms with van der Waals surface area (Å²) in [4.78, 5) is 20.5. The summed E-state index contributed by atoms with van der Waals surface area (Å²) >= 11 is 5.87. The van der Waals surface area contributed by atoms with E-state index >= 15 is 0 Å². The molecule has 0 unspecified atom stereocenters. The van der Waals surface area contributed by atoms with Gasteiger partial charge in [0.25, 0.3) is 5.91 Å². The molecule has 0 saturated heterocycles. The Morgan fingerprint density at radius 3 is 2.52 bits per heavy atom. The number of alkyl halides is 3. The van der Waals surface area contributed by atoms with E-state index in [1.54, 1.807) is 24.3 Å². The van der Waals surface area contributed by atoms with Gasteiger partial charge in [-0.3, -0.25) is 9.20 Å². The summed E-state index contributed by atoms with van der Waals surface area (Å²) in [5.74, 6) is 0.273. The topological polar surface area (TPSA) is 88.6 Å². The number of hydrogen-bond acceptors (Lipinski definition) is 5. The molecular formula is C21H19ClF3N7O. The van der Waals surface area contributed by atoms with Gasteiger partial charge < -0.3 is 10.6 Å². The van der Waals surface area contributed by atoms with Crippen molar-refractivity contribution in [1.82, 2.24) is 29.3 Å². The fourth-order valence-corrected chi connectivity index (χ4v) is 4.23. The summed E-state index contributed by atoms with van der Waals surface area (Å²) in [6.07, 6.45) is 1.01. The number of imidazole rings is 2. The monoisotopic (exact) mass is 477 g/mol. The molecule has 0 bridgehead atoms. The van der Waals surface area contributed by atoms with Gasteiger partial charge in [-0.2, -0.15) is 18.3 Å². The Morgan fingerprint density at radius 1 is 1.00 bits per heavy atom. The van der Waals surface area contributed by atoms with E-state index in [1.165, 1.54) is 21.2 Å². The van der Waals surface area contributed by atoms with Gasteiger partial charge in [-0.05, 0) is 49.9 Å². The van der Waals surface area contributed by atoms with Crippen LogP contribution in [0.5, 0.6) is 0 Å². The zero-order chi connectivity index (χ0) is 23.2. The molecule has 1 aliphatic rings. The number of carbonyl (C=O) groups is 1. The van der Waals surface area contributed by atoms with E-state index in [-0.39, 0.29) is 29.3 Å². The van der Waals surface area contributed by atoms with Crippen LogP contribution in [0.1, 0.15) is 41.9 Å². The predicted molar refractivity (Wildman–Crippen MR) is 115 cm³/mol. The number of rotatable bonds is 4. The highest BCUT2D eigenvalue weighted by atomic mass is 35.5. The Bertz CT molecular complexity index is 1320. The lowest BCUT2D eigenvalue weighted by atomic mass is 9.91. The molecule has 1 fully saturated rings. The number of nitrogens with zero attached hydrogens (tertiary/aromatic N) is 5. The van der Waals surface area contributed by atoms with Crippen LogP contribution in [-0.2, 0) is 6.18 Å². The molecule has 0 spiro atoms. The highest BCUT2D eigenvalue weighted by Gasteiger charge is 2.34. The van der Waals surface area contributed by atoms with Gasteiger partial charge in [-0.15, -0.1) is 0 Å². The van der Waals surface area contributed by atoms with E-state index in [0.29, 0.717) is 16.6 Å². The zero-order valence-corrected chi connectivity index (χ0v) is 17.9. The summed E-state index contributed by atoms with van der Waals surface area (Å²) in [5.41, 5.74) is 0.0983. The second-order valence-electron chi connectivity index (χ2n) is 8.01. The van der Waals surface area contributed by atoms with Crippen LogP contribution >= 0.6 is 11.6 Å². The van der Waals surface area contributed by atoms with Gasteiger partial charge in [-0.25, -0.2) is 14.5 Å². The average Bonchev–Trinajstić information content (AvgIpc) is 3.39. The largest absolute Gasteiger partial charge is 0.434 e. The molecule has 2 N–H and O–H groups in total. The van der Waals surface area contributed by atoms with Gasteiger partial charge in [0.1, 0.15) is 22.3 Å². The van der Waals surface area contributed by atoms with E-state index in [9.17, 15) is 18.0 Å². The van der Waals surface area contributed by atoms with Gasteiger partial charge in [-0.1, -0.05) is 17.7 Å². The summed E-state index contributed by atoms with van der Waals surface area (Å²) in [5, 5.41) is 10.7. The van der Waals surface area contributed by atoms with E-state index in [4.69, 9.17) is 11.6 Å². The molecule has 0 radical (unpaired) electrons. The molecule has 0 aliphatic heterocycles. The molecule has 4 aromatic heterocycles. The van der Waals surface area contributed by atoms with Gasteiger partial charge in [0.15, 0.2) is 11.3 Å². The van der Waals surface area contributed by atoms with Crippen molar-refractivity contribution in [1.29, 1.82) is 0 Å². The molecule has 0 aromatic carbocycles. The second-order valence-corrected chi connectivity index (χ2v) is 8.40. The molecule has 172 valence electrons. The Labute approximate surface area is 190 Å². The highest BCUT2D eigenvalue weighted by Crippen LogP contribution is 2.30. The van der Waals surface area contributed by atoms with Crippen molar-refractivity contribution in [3.63, 3.8) is 0 Å².